The van der Waals surface area contributed by atoms with E-state index in [9.17, 15) is 4.79 Å². The maximum absolute atomic E-state index is 12.5. The maximum atomic E-state index is 12.5. The van der Waals surface area contributed by atoms with E-state index in [1.54, 1.807) is 0 Å². The molecule has 2 aromatic rings. The van der Waals surface area contributed by atoms with Crippen LogP contribution in [0.4, 0.5) is 5.82 Å². The van der Waals surface area contributed by atoms with Crippen molar-refractivity contribution in [3.05, 3.63) is 42.5 Å². The first-order valence-corrected chi connectivity index (χ1v) is 10.5. The van der Waals surface area contributed by atoms with Gasteiger partial charge in [-0.2, -0.15) is 0 Å². The van der Waals surface area contributed by atoms with E-state index < -0.39 is 0 Å². The zero-order valence-corrected chi connectivity index (χ0v) is 16.8. The minimum absolute atomic E-state index is 0.162. The summed E-state index contributed by atoms with van der Waals surface area (Å²) in [5, 5.41) is 12.1. The number of rotatable bonds is 6. The lowest BCUT2D eigenvalue weighted by molar-refractivity contribution is -0.130. The highest BCUT2D eigenvalue weighted by Gasteiger charge is 2.21. The van der Waals surface area contributed by atoms with Crippen LogP contribution in [0.5, 0.6) is 0 Å². The van der Waals surface area contributed by atoms with Gasteiger partial charge in [0.1, 0.15) is 0 Å². The molecule has 0 aliphatic carbocycles. The highest BCUT2D eigenvalue weighted by Crippen LogP contribution is 2.19. The van der Waals surface area contributed by atoms with E-state index in [2.05, 4.69) is 20.4 Å². The number of hydrogen-bond acceptors (Lipinski definition) is 6. The van der Waals surface area contributed by atoms with Gasteiger partial charge < -0.3 is 19.9 Å². The fraction of sp³-hybridized carbons (Fsp3) is 0.500. The quantitative estimate of drug-likeness (QED) is 0.806. The molecule has 7 nitrogen and oxygen atoms in total. The topological polar surface area (TPSA) is 70.6 Å². The Hall–Kier alpha value is -2.51. The zero-order valence-electron chi connectivity index (χ0n) is 16.8. The van der Waals surface area contributed by atoms with Gasteiger partial charge >= 0.3 is 0 Å². The molecule has 2 aliphatic rings. The van der Waals surface area contributed by atoms with Gasteiger partial charge in [0.25, 0.3) is 0 Å². The SMILES string of the molecule is O=C(CNCC1CCCO1)N1CCCN(c2ccc(-c3ccccc3)nn2)CC1. The second-order valence-corrected chi connectivity index (χ2v) is 7.63. The minimum Gasteiger partial charge on any atom is -0.377 e. The van der Waals surface area contributed by atoms with Crippen molar-refractivity contribution in [1.82, 2.24) is 20.4 Å². The van der Waals surface area contributed by atoms with Crippen LogP contribution in [-0.4, -0.2) is 73.0 Å². The molecule has 29 heavy (non-hydrogen) atoms. The number of aromatic nitrogens is 2. The van der Waals surface area contributed by atoms with Crippen molar-refractivity contribution >= 4 is 11.7 Å². The van der Waals surface area contributed by atoms with Crippen molar-refractivity contribution in [2.75, 3.05) is 50.8 Å². The lowest BCUT2D eigenvalue weighted by Gasteiger charge is -2.23. The molecule has 1 aromatic heterocycles. The molecule has 0 saturated carbocycles. The summed E-state index contributed by atoms with van der Waals surface area (Å²) in [5.74, 6) is 1.03. The predicted octanol–water partition coefficient (Wildman–Crippen LogP) is 1.95. The fourth-order valence-electron chi connectivity index (χ4n) is 3.91. The maximum Gasteiger partial charge on any atom is 0.236 e. The minimum atomic E-state index is 0.162. The Morgan fingerprint density at radius 1 is 1.03 bits per heavy atom. The van der Waals surface area contributed by atoms with Gasteiger partial charge in [0.15, 0.2) is 5.82 Å². The third kappa shape index (κ3) is 5.31. The van der Waals surface area contributed by atoms with Crippen LogP contribution in [0.2, 0.25) is 0 Å². The Balaban J connectivity index is 1.27. The molecule has 154 valence electrons. The van der Waals surface area contributed by atoms with Gasteiger partial charge in [-0.05, 0) is 31.4 Å². The van der Waals surface area contributed by atoms with Gasteiger partial charge in [-0.3, -0.25) is 4.79 Å². The number of ether oxygens (including phenoxy) is 1. The van der Waals surface area contributed by atoms with Crippen LogP contribution < -0.4 is 10.2 Å². The number of amides is 1. The number of nitrogens with one attached hydrogen (secondary N) is 1. The van der Waals surface area contributed by atoms with E-state index >= 15 is 0 Å². The highest BCUT2D eigenvalue weighted by molar-refractivity contribution is 5.78. The summed E-state index contributed by atoms with van der Waals surface area (Å²) in [4.78, 5) is 16.7. The standard InChI is InChI=1S/C22H29N5O2/c28-22(17-23-16-19-8-4-15-29-19)27-12-5-11-26(13-14-27)21-10-9-20(24-25-21)18-6-2-1-3-7-18/h1-3,6-7,9-10,19,23H,4-5,8,11-17H2. The van der Waals surface area contributed by atoms with Crippen molar-refractivity contribution < 1.29 is 9.53 Å². The molecule has 2 aliphatic heterocycles. The summed E-state index contributed by atoms with van der Waals surface area (Å²) in [6, 6.07) is 14.1. The van der Waals surface area contributed by atoms with Crippen LogP contribution >= 0.6 is 0 Å². The third-order valence-electron chi connectivity index (χ3n) is 5.56. The van der Waals surface area contributed by atoms with E-state index in [0.717, 1.165) is 69.1 Å². The third-order valence-corrected chi connectivity index (χ3v) is 5.56. The van der Waals surface area contributed by atoms with E-state index in [4.69, 9.17) is 4.74 Å². The summed E-state index contributed by atoms with van der Waals surface area (Å²) < 4.78 is 5.59. The molecule has 7 heteroatoms. The number of anilines is 1. The van der Waals surface area contributed by atoms with E-state index in [1.807, 2.05) is 47.4 Å². The molecule has 1 atom stereocenters. The van der Waals surface area contributed by atoms with Crippen LogP contribution in [-0.2, 0) is 9.53 Å². The van der Waals surface area contributed by atoms with E-state index in [1.165, 1.54) is 0 Å². The Bertz CT molecular complexity index is 778. The van der Waals surface area contributed by atoms with E-state index in [0.29, 0.717) is 13.1 Å². The monoisotopic (exact) mass is 395 g/mol. The molecule has 1 amide bonds. The van der Waals surface area contributed by atoms with Crippen molar-refractivity contribution in [3.63, 3.8) is 0 Å². The van der Waals surface area contributed by atoms with Crippen LogP contribution in [0.1, 0.15) is 19.3 Å². The molecule has 2 fully saturated rings. The molecule has 4 rings (SSSR count). The molecule has 0 radical (unpaired) electrons. The van der Waals surface area contributed by atoms with Gasteiger partial charge in [-0.25, -0.2) is 0 Å². The smallest absolute Gasteiger partial charge is 0.236 e. The van der Waals surface area contributed by atoms with E-state index in [-0.39, 0.29) is 12.0 Å². The summed E-state index contributed by atoms with van der Waals surface area (Å²) in [5.41, 5.74) is 1.94. The molecule has 3 heterocycles. The molecule has 0 bridgehead atoms. The van der Waals surface area contributed by atoms with Gasteiger partial charge in [0, 0.05) is 44.9 Å². The molecular weight excluding hydrogens is 366 g/mol. The summed E-state index contributed by atoms with van der Waals surface area (Å²) in [6.07, 6.45) is 3.40. The van der Waals surface area contributed by atoms with Crippen LogP contribution in [0.15, 0.2) is 42.5 Å². The molecule has 1 N–H and O–H groups in total. The fourth-order valence-corrected chi connectivity index (χ4v) is 3.91. The molecular formula is C22H29N5O2. The second-order valence-electron chi connectivity index (χ2n) is 7.63. The first-order chi connectivity index (χ1) is 14.3. The van der Waals surface area contributed by atoms with Crippen molar-refractivity contribution in [1.29, 1.82) is 0 Å². The first kappa shape index (κ1) is 19.8. The summed E-state index contributed by atoms with van der Waals surface area (Å²) in [7, 11) is 0. The van der Waals surface area contributed by atoms with Crippen LogP contribution in [0.25, 0.3) is 11.3 Å². The first-order valence-electron chi connectivity index (χ1n) is 10.5. The number of carbonyl (C=O) groups is 1. The second kappa shape index (κ2) is 9.80. The summed E-state index contributed by atoms with van der Waals surface area (Å²) >= 11 is 0. The van der Waals surface area contributed by atoms with Gasteiger partial charge in [0.05, 0.1) is 18.3 Å². The number of benzene rings is 1. The molecule has 1 aromatic carbocycles. The average molecular weight is 396 g/mol. The van der Waals surface area contributed by atoms with Crippen LogP contribution in [0, 0.1) is 0 Å². The zero-order chi connectivity index (χ0) is 19.9. The Morgan fingerprint density at radius 3 is 2.69 bits per heavy atom. The number of carbonyl (C=O) groups excluding carboxylic acids is 1. The van der Waals surface area contributed by atoms with Crippen LogP contribution in [0.3, 0.4) is 0 Å². The Morgan fingerprint density at radius 2 is 1.93 bits per heavy atom. The molecule has 0 spiro atoms. The predicted molar refractivity (Wildman–Crippen MR) is 113 cm³/mol. The summed E-state index contributed by atoms with van der Waals surface area (Å²) in [6.45, 7) is 5.14. The van der Waals surface area contributed by atoms with Gasteiger partial charge in [-0.15, -0.1) is 10.2 Å². The lowest BCUT2D eigenvalue weighted by atomic mass is 10.1. The van der Waals surface area contributed by atoms with Crippen molar-refractivity contribution in [2.24, 2.45) is 0 Å². The van der Waals surface area contributed by atoms with Crippen molar-refractivity contribution in [3.8, 4) is 11.3 Å². The number of hydrogen-bond donors (Lipinski definition) is 1. The largest absolute Gasteiger partial charge is 0.377 e. The Labute approximate surface area is 172 Å². The normalized spacial score (nSPS) is 19.9. The number of nitrogens with zero attached hydrogens (tertiary/aromatic N) is 4. The lowest BCUT2D eigenvalue weighted by Crippen LogP contribution is -2.42. The molecule has 1 unspecified atom stereocenters. The average Bonchev–Trinajstić information content (AvgIpc) is 3.16. The molecule has 2 saturated heterocycles. The van der Waals surface area contributed by atoms with Crippen molar-refractivity contribution in [2.45, 2.75) is 25.4 Å². The van der Waals surface area contributed by atoms with Gasteiger partial charge in [-0.1, -0.05) is 30.3 Å². The highest BCUT2D eigenvalue weighted by atomic mass is 16.5. The van der Waals surface area contributed by atoms with Gasteiger partial charge in [0.2, 0.25) is 5.91 Å². The Kier molecular flexibility index (Phi) is 6.69.